The molecule has 1 aromatic rings. The summed E-state index contributed by atoms with van der Waals surface area (Å²) >= 11 is 12.0. The Bertz CT molecular complexity index is 542. The van der Waals surface area contributed by atoms with Gasteiger partial charge in [-0.2, -0.15) is 0 Å². The summed E-state index contributed by atoms with van der Waals surface area (Å²) in [6.45, 7) is 0.793. The van der Waals surface area contributed by atoms with Gasteiger partial charge < -0.3 is 15.8 Å². The average molecular weight is 329 g/mol. The molecule has 3 atom stereocenters. The third-order valence-corrected chi connectivity index (χ3v) is 5.06. The number of rotatable bonds is 2. The number of ether oxygens (including phenoxy) is 1. The minimum Gasteiger partial charge on any atom is -0.396 e. The Morgan fingerprint density at radius 3 is 2.67 bits per heavy atom. The molecular formula is C15H18Cl2N2O2. The monoisotopic (exact) mass is 328 g/mol. The second kappa shape index (κ2) is 6.03. The molecule has 1 saturated heterocycles. The second-order valence-corrected chi connectivity index (χ2v) is 6.54. The lowest BCUT2D eigenvalue weighted by Crippen LogP contribution is -2.45. The van der Waals surface area contributed by atoms with Crippen molar-refractivity contribution in [2.24, 2.45) is 5.92 Å². The highest BCUT2D eigenvalue weighted by Gasteiger charge is 2.38. The summed E-state index contributed by atoms with van der Waals surface area (Å²) in [4.78, 5) is 12.4. The van der Waals surface area contributed by atoms with Crippen molar-refractivity contribution < 1.29 is 9.53 Å². The molecule has 3 rings (SSSR count). The van der Waals surface area contributed by atoms with Gasteiger partial charge in [-0.3, -0.25) is 4.79 Å². The van der Waals surface area contributed by atoms with Gasteiger partial charge in [0.25, 0.3) is 5.91 Å². The van der Waals surface area contributed by atoms with Gasteiger partial charge in [-0.05, 0) is 37.8 Å². The molecule has 21 heavy (non-hydrogen) atoms. The Morgan fingerprint density at radius 1 is 1.24 bits per heavy atom. The summed E-state index contributed by atoms with van der Waals surface area (Å²) in [5.41, 5.74) is 6.44. The van der Waals surface area contributed by atoms with Gasteiger partial charge >= 0.3 is 0 Å². The fourth-order valence-electron chi connectivity index (χ4n) is 3.32. The number of hydrogen-bond acceptors (Lipinski definition) is 3. The molecule has 0 spiro atoms. The smallest absolute Gasteiger partial charge is 0.251 e. The zero-order chi connectivity index (χ0) is 15.0. The van der Waals surface area contributed by atoms with Crippen LogP contribution in [-0.4, -0.2) is 24.7 Å². The highest BCUT2D eigenvalue weighted by atomic mass is 35.5. The SMILES string of the molecule is Nc1c(Cl)cc(C(=O)N[C@@H]2CCC[C@H]3OCC[C@H]23)cc1Cl. The molecule has 2 aliphatic rings. The number of carbonyl (C=O) groups excluding carboxylic acids is 1. The van der Waals surface area contributed by atoms with Crippen molar-refractivity contribution in [3.8, 4) is 0 Å². The first kappa shape index (κ1) is 14.9. The van der Waals surface area contributed by atoms with Crippen LogP contribution in [0, 0.1) is 5.92 Å². The number of carbonyl (C=O) groups is 1. The van der Waals surface area contributed by atoms with Crippen molar-refractivity contribution in [1.29, 1.82) is 0 Å². The van der Waals surface area contributed by atoms with E-state index < -0.39 is 0 Å². The first-order chi connectivity index (χ1) is 10.1. The van der Waals surface area contributed by atoms with Crippen LogP contribution in [0.1, 0.15) is 36.0 Å². The predicted molar refractivity (Wildman–Crippen MR) is 83.8 cm³/mol. The molecule has 1 amide bonds. The van der Waals surface area contributed by atoms with Gasteiger partial charge in [0.15, 0.2) is 0 Å². The number of halogens is 2. The van der Waals surface area contributed by atoms with Gasteiger partial charge in [0.2, 0.25) is 0 Å². The molecule has 1 aliphatic heterocycles. The first-order valence-electron chi connectivity index (χ1n) is 7.23. The van der Waals surface area contributed by atoms with Crippen molar-refractivity contribution in [2.75, 3.05) is 12.3 Å². The number of fused-ring (bicyclic) bond motifs is 1. The van der Waals surface area contributed by atoms with E-state index in [1.54, 1.807) is 12.1 Å². The van der Waals surface area contributed by atoms with Crippen molar-refractivity contribution in [1.82, 2.24) is 5.32 Å². The maximum Gasteiger partial charge on any atom is 0.251 e. The largest absolute Gasteiger partial charge is 0.396 e. The molecular weight excluding hydrogens is 311 g/mol. The molecule has 0 radical (unpaired) electrons. The summed E-state index contributed by atoms with van der Waals surface area (Å²) in [5, 5.41) is 3.71. The zero-order valence-corrected chi connectivity index (χ0v) is 13.1. The predicted octanol–water partition coefficient (Wildman–Crippen LogP) is 3.26. The molecule has 1 saturated carbocycles. The maximum atomic E-state index is 12.4. The number of anilines is 1. The molecule has 4 nitrogen and oxygen atoms in total. The van der Waals surface area contributed by atoms with Crippen molar-refractivity contribution in [3.63, 3.8) is 0 Å². The van der Waals surface area contributed by atoms with Gasteiger partial charge in [-0.15, -0.1) is 0 Å². The molecule has 114 valence electrons. The molecule has 0 unspecified atom stereocenters. The fourth-order valence-corrected chi connectivity index (χ4v) is 3.81. The molecule has 6 heteroatoms. The van der Waals surface area contributed by atoms with Crippen molar-refractivity contribution in [2.45, 2.75) is 37.8 Å². The van der Waals surface area contributed by atoms with E-state index in [2.05, 4.69) is 5.32 Å². The summed E-state index contributed by atoms with van der Waals surface area (Å²) < 4.78 is 5.72. The van der Waals surface area contributed by atoms with Gasteiger partial charge in [0, 0.05) is 24.1 Å². The van der Waals surface area contributed by atoms with Crippen molar-refractivity contribution >= 4 is 34.8 Å². The Kier molecular flexibility index (Phi) is 4.29. The number of nitrogens with two attached hydrogens (primary N) is 1. The van der Waals surface area contributed by atoms with Gasteiger partial charge in [0.05, 0.1) is 21.8 Å². The number of benzene rings is 1. The molecule has 1 aromatic carbocycles. The Morgan fingerprint density at radius 2 is 1.95 bits per heavy atom. The van der Waals surface area contributed by atoms with Crippen LogP contribution in [0.25, 0.3) is 0 Å². The fraction of sp³-hybridized carbons (Fsp3) is 0.533. The van der Waals surface area contributed by atoms with E-state index in [1.807, 2.05) is 0 Å². The van der Waals surface area contributed by atoms with Gasteiger partial charge in [-0.25, -0.2) is 0 Å². The van der Waals surface area contributed by atoms with Crippen LogP contribution in [0.3, 0.4) is 0 Å². The van der Waals surface area contributed by atoms with E-state index in [0.717, 1.165) is 32.3 Å². The van der Waals surface area contributed by atoms with E-state index in [9.17, 15) is 4.79 Å². The zero-order valence-electron chi connectivity index (χ0n) is 11.6. The standard InChI is InChI=1S/C15H18Cl2N2O2/c16-10-6-8(7-11(17)14(10)18)15(20)19-12-2-1-3-13-9(12)4-5-21-13/h6-7,9,12-13H,1-5,18H2,(H,19,20)/t9-,12-,13-/m1/s1. The van der Waals surface area contributed by atoms with E-state index in [4.69, 9.17) is 33.7 Å². The summed E-state index contributed by atoms with van der Waals surface area (Å²) in [6.07, 6.45) is 4.47. The molecule has 2 fully saturated rings. The summed E-state index contributed by atoms with van der Waals surface area (Å²) in [6, 6.07) is 3.28. The number of nitrogens with one attached hydrogen (secondary N) is 1. The van der Waals surface area contributed by atoms with E-state index in [-0.39, 0.29) is 11.9 Å². The topological polar surface area (TPSA) is 64.4 Å². The highest BCUT2D eigenvalue weighted by Crippen LogP contribution is 2.35. The van der Waals surface area contributed by atoms with Crippen LogP contribution in [0.5, 0.6) is 0 Å². The third-order valence-electron chi connectivity index (χ3n) is 4.44. The molecule has 1 heterocycles. The highest BCUT2D eigenvalue weighted by molar-refractivity contribution is 6.39. The minimum atomic E-state index is -0.156. The van der Waals surface area contributed by atoms with Crippen LogP contribution in [-0.2, 0) is 4.74 Å². The number of amides is 1. The van der Waals surface area contributed by atoms with Crippen LogP contribution < -0.4 is 11.1 Å². The van der Waals surface area contributed by atoms with Gasteiger partial charge in [-0.1, -0.05) is 23.2 Å². The van der Waals surface area contributed by atoms with Crippen LogP contribution in [0.4, 0.5) is 5.69 Å². The second-order valence-electron chi connectivity index (χ2n) is 5.73. The molecule has 0 bridgehead atoms. The lowest BCUT2D eigenvalue weighted by atomic mass is 9.81. The minimum absolute atomic E-state index is 0.156. The molecule has 0 aromatic heterocycles. The van der Waals surface area contributed by atoms with Gasteiger partial charge in [0.1, 0.15) is 0 Å². The maximum absolute atomic E-state index is 12.4. The average Bonchev–Trinajstić information content (AvgIpc) is 2.93. The third kappa shape index (κ3) is 2.98. The molecule has 3 N–H and O–H groups in total. The van der Waals surface area contributed by atoms with Crippen LogP contribution in [0.15, 0.2) is 12.1 Å². The first-order valence-corrected chi connectivity index (χ1v) is 7.99. The quantitative estimate of drug-likeness (QED) is 0.819. The van der Waals surface area contributed by atoms with Crippen LogP contribution >= 0.6 is 23.2 Å². The van der Waals surface area contributed by atoms with Crippen LogP contribution in [0.2, 0.25) is 10.0 Å². The Hall–Kier alpha value is -0.970. The lowest BCUT2D eigenvalue weighted by molar-refractivity contribution is 0.0510. The summed E-state index contributed by atoms with van der Waals surface area (Å²) in [5.74, 6) is 0.263. The molecule has 1 aliphatic carbocycles. The normalized spacial score (nSPS) is 28.2. The summed E-state index contributed by atoms with van der Waals surface area (Å²) in [7, 11) is 0. The van der Waals surface area contributed by atoms with Crippen molar-refractivity contribution in [3.05, 3.63) is 27.7 Å². The lowest BCUT2D eigenvalue weighted by Gasteiger charge is -2.33. The van der Waals surface area contributed by atoms with E-state index in [1.165, 1.54) is 0 Å². The number of hydrogen-bond donors (Lipinski definition) is 2. The Balaban J connectivity index is 1.74. The van der Waals surface area contributed by atoms with E-state index in [0.29, 0.717) is 33.3 Å². The number of nitrogen functional groups attached to an aromatic ring is 1. The Labute approximate surface area is 133 Å². The van der Waals surface area contributed by atoms with E-state index >= 15 is 0 Å².